The Bertz CT molecular complexity index is 967. The van der Waals surface area contributed by atoms with Crippen LogP contribution in [0.25, 0.3) is 0 Å². The largest absolute Gasteiger partial charge is 0.321 e. The number of amides is 1. The molecule has 1 N–H and O–H groups in total. The summed E-state index contributed by atoms with van der Waals surface area (Å²) in [6, 6.07) is 18.7. The highest BCUT2D eigenvalue weighted by molar-refractivity contribution is 7.92. The lowest BCUT2D eigenvalue weighted by molar-refractivity contribution is 0.103. The Morgan fingerprint density at radius 1 is 1.00 bits per heavy atom. The van der Waals surface area contributed by atoms with E-state index in [1.165, 1.54) is 27.8 Å². The fourth-order valence-corrected chi connectivity index (χ4v) is 4.62. The molecule has 5 nitrogen and oxygen atoms in total. The Kier molecular flexibility index (Phi) is 5.39. The molecule has 1 amide bonds. The molecule has 7 heteroatoms. The molecule has 3 rings (SSSR count). The lowest BCUT2D eigenvalue weighted by atomic mass is 10.3. The summed E-state index contributed by atoms with van der Waals surface area (Å²) < 4.78 is 27.2. The summed E-state index contributed by atoms with van der Waals surface area (Å²) in [6.45, 7) is 2.11. The number of hydrogen-bond donors (Lipinski definition) is 1. The number of nitrogens with one attached hydrogen (secondary N) is 1. The quantitative estimate of drug-likeness (QED) is 0.690. The molecule has 0 saturated heterocycles. The van der Waals surface area contributed by atoms with Crippen molar-refractivity contribution >= 4 is 38.6 Å². The fourth-order valence-electron chi connectivity index (χ4n) is 2.52. The summed E-state index contributed by atoms with van der Waals surface area (Å²) >= 11 is 1.35. The van der Waals surface area contributed by atoms with Crippen molar-refractivity contribution in [1.82, 2.24) is 0 Å². The van der Waals surface area contributed by atoms with Crippen molar-refractivity contribution in [2.75, 3.05) is 16.2 Å². The van der Waals surface area contributed by atoms with Crippen LogP contribution >= 0.6 is 11.3 Å². The van der Waals surface area contributed by atoms with Gasteiger partial charge in [0.25, 0.3) is 15.9 Å². The van der Waals surface area contributed by atoms with Gasteiger partial charge >= 0.3 is 0 Å². The van der Waals surface area contributed by atoms with E-state index in [9.17, 15) is 13.2 Å². The molecule has 0 aliphatic heterocycles. The molecule has 1 aromatic heterocycles. The van der Waals surface area contributed by atoms with Crippen molar-refractivity contribution in [3.05, 3.63) is 77.0 Å². The number of carbonyl (C=O) groups excluding carboxylic acids is 1. The predicted octanol–water partition coefficient (Wildman–Crippen LogP) is 4.22. The smallest absolute Gasteiger partial charge is 0.265 e. The number of anilines is 2. The summed E-state index contributed by atoms with van der Waals surface area (Å²) in [6.07, 6.45) is 0. The van der Waals surface area contributed by atoms with Crippen LogP contribution in [0.15, 0.2) is 77.0 Å². The van der Waals surface area contributed by atoms with Crippen LogP contribution in [-0.4, -0.2) is 20.9 Å². The molecular formula is C19H18N2O3S2. The Balaban J connectivity index is 1.81. The van der Waals surface area contributed by atoms with Crippen LogP contribution < -0.4 is 9.62 Å². The topological polar surface area (TPSA) is 66.5 Å². The van der Waals surface area contributed by atoms with Crippen LogP contribution in [0, 0.1) is 0 Å². The molecule has 1 heterocycles. The monoisotopic (exact) mass is 386 g/mol. The van der Waals surface area contributed by atoms with Crippen molar-refractivity contribution in [3.63, 3.8) is 0 Å². The van der Waals surface area contributed by atoms with Gasteiger partial charge in [-0.1, -0.05) is 24.3 Å². The predicted molar refractivity (Wildman–Crippen MR) is 105 cm³/mol. The molecule has 0 aliphatic carbocycles. The highest BCUT2D eigenvalue weighted by Gasteiger charge is 2.23. The third-order valence-corrected chi connectivity index (χ3v) is 6.56. The standard InChI is InChI=1S/C19H18N2O3S2/c1-2-21(16-7-4-3-5-8-16)26(23,24)17-12-10-15(11-13-17)20-19(22)18-9-6-14-25-18/h3-14H,2H2,1H3,(H,20,22). The molecule has 0 saturated carbocycles. The van der Waals surface area contributed by atoms with Crippen LogP contribution in [0.1, 0.15) is 16.6 Å². The fraction of sp³-hybridized carbons (Fsp3) is 0.105. The first-order valence-electron chi connectivity index (χ1n) is 8.05. The lowest BCUT2D eigenvalue weighted by Crippen LogP contribution is -2.30. The number of para-hydroxylation sites is 1. The summed E-state index contributed by atoms with van der Waals surface area (Å²) in [5.41, 5.74) is 1.16. The van der Waals surface area contributed by atoms with Crippen molar-refractivity contribution in [3.8, 4) is 0 Å². The molecule has 3 aromatic rings. The minimum atomic E-state index is -3.67. The van der Waals surface area contributed by atoms with Crippen molar-refractivity contribution < 1.29 is 13.2 Å². The molecular weight excluding hydrogens is 368 g/mol. The summed E-state index contributed by atoms with van der Waals surface area (Å²) in [4.78, 5) is 12.8. The molecule has 0 atom stereocenters. The Labute approximate surface area is 157 Å². The lowest BCUT2D eigenvalue weighted by Gasteiger charge is -2.23. The number of nitrogens with zero attached hydrogens (tertiary/aromatic N) is 1. The van der Waals surface area contributed by atoms with Gasteiger partial charge in [-0.15, -0.1) is 11.3 Å². The highest BCUT2D eigenvalue weighted by atomic mass is 32.2. The van der Waals surface area contributed by atoms with Crippen LogP contribution in [0.3, 0.4) is 0 Å². The molecule has 0 spiro atoms. The average Bonchev–Trinajstić information content (AvgIpc) is 3.18. The Morgan fingerprint density at radius 3 is 2.27 bits per heavy atom. The zero-order chi connectivity index (χ0) is 18.6. The van der Waals surface area contributed by atoms with Crippen LogP contribution in [0.2, 0.25) is 0 Å². The Morgan fingerprint density at radius 2 is 1.69 bits per heavy atom. The van der Waals surface area contributed by atoms with Gasteiger partial charge < -0.3 is 5.32 Å². The second-order valence-electron chi connectivity index (χ2n) is 5.46. The van der Waals surface area contributed by atoms with Gasteiger partial charge in [0.1, 0.15) is 0 Å². The first kappa shape index (κ1) is 18.2. The van der Waals surface area contributed by atoms with E-state index >= 15 is 0 Å². The molecule has 26 heavy (non-hydrogen) atoms. The van der Waals surface area contributed by atoms with Crippen molar-refractivity contribution in [1.29, 1.82) is 0 Å². The summed E-state index contributed by atoms with van der Waals surface area (Å²) in [5.74, 6) is -0.213. The van der Waals surface area contributed by atoms with Crippen LogP contribution in [-0.2, 0) is 10.0 Å². The zero-order valence-corrected chi connectivity index (χ0v) is 15.8. The maximum Gasteiger partial charge on any atom is 0.265 e. The first-order chi connectivity index (χ1) is 12.5. The minimum absolute atomic E-state index is 0.178. The second-order valence-corrected chi connectivity index (χ2v) is 8.27. The number of rotatable bonds is 6. The zero-order valence-electron chi connectivity index (χ0n) is 14.1. The van der Waals surface area contributed by atoms with E-state index in [4.69, 9.17) is 0 Å². The van der Waals surface area contributed by atoms with E-state index in [0.717, 1.165) is 0 Å². The van der Waals surface area contributed by atoms with Gasteiger partial charge in [0.2, 0.25) is 0 Å². The van der Waals surface area contributed by atoms with Gasteiger partial charge in [-0.05, 0) is 54.8 Å². The van der Waals surface area contributed by atoms with Gasteiger partial charge in [0, 0.05) is 12.2 Å². The SMILES string of the molecule is CCN(c1ccccc1)S(=O)(=O)c1ccc(NC(=O)c2cccs2)cc1. The molecule has 0 radical (unpaired) electrons. The van der Waals surface area contributed by atoms with Crippen LogP contribution in [0.4, 0.5) is 11.4 Å². The van der Waals surface area contributed by atoms with E-state index in [1.807, 2.05) is 11.4 Å². The molecule has 0 aliphatic rings. The van der Waals surface area contributed by atoms with E-state index in [0.29, 0.717) is 22.8 Å². The minimum Gasteiger partial charge on any atom is -0.321 e. The third-order valence-electron chi connectivity index (χ3n) is 3.78. The van der Waals surface area contributed by atoms with Gasteiger partial charge in [-0.3, -0.25) is 9.10 Å². The number of thiophene rings is 1. The number of sulfonamides is 1. The second kappa shape index (κ2) is 7.72. The van der Waals surface area contributed by atoms with Gasteiger partial charge in [-0.25, -0.2) is 8.42 Å². The maximum atomic E-state index is 12.9. The van der Waals surface area contributed by atoms with Gasteiger partial charge in [-0.2, -0.15) is 0 Å². The molecule has 2 aromatic carbocycles. The molecule has 0 unspecified atom stereocenters. The van der Waals surface area contributed by atoms with Crippen molar-refractivity contribution in [2.24, 2.45) is 0 Å². The highest BCUT2D eigenvalue weighted by Crippen LogP contribution is 2.24. The van der Waals surface area contributed by atoms with Gasteiger partial charge in [0.15, 0.2) is 0 Å². The average molecular weight is 386 g/mol. The Hall–Kier alpha value is -2.64. The number of benzene rings is 2. The number of hydrogen-bond acceptors (Lipinski definition) is 4. The van der Waals surface area contributed by atoms with Crippen molar-refractivity contribution in [2.45, 2.75) is 11.8 Å². The van der Waals surface area contributed by atoms with Gasteiger partial charge in [0.05, 0.1) is 15.5 Å². The van der Waals surface area contributed by atoms with Crippen LogP contribution in [0.5, 0.6) is 0 Å². The molecule has 0 fully saturated rings. The normalized spacial score (nSPS) is 11.1. The maximum absolute atomic E-state index is 12.9. The van der Waals surface area contributed by atoms with E-state index in [-0.39, 0.29) is 10.8 Å². The third kappa shape index (κ3) is 3.79. The number of carbonyl (C=O) groups is 1. The van der Waals surface area contributed by atoms with E-state index < -0.39 is 10.0 Å². The van der Waals surface area contributed by atoms with E-state index in [1.54, 1.807) is 55.5 Å². The van der Waals surface area contributed by atoms with E-state index in [2.05, 4.69) is 5.32 Å². The summed E-state index contributed by atoms with van der Waals surface area (Å²) in [7, 11) is -3.67. The molecule has 134 valence electrons. The summed E-state index contributed by atoms with van der Waals surface area (Å²) in [5, 5.41) is 4.59. The molecule has 0 bridgehead atoms. The first-order valence-corrected chi connectivity index (χ1v) is 10.4.